The molecule has 1 aromatic carbocycles. The predicted octanol–water partition coefficient (Wildman–Crippen LogP) is 1.62. The molecule has 0 saturated heterocycles. The highest BCUT2D eigenvalue weighted by Crippen LogP contribution is 2.29. The smallest absolute Gasteiger partial charge is 0.240 e. The van der Waals surface area contributed by atoms with Crippen LogP contribution in [0.4, 0.5) is 0 Å². The van der Waals surface area contributed by atoms with Gasteiger partial charge in [0.2, 0.25) is 5.91 Å². The van der Waals surface area contributed by atoms with Crippen molar-refractivity contribution in [1.82, 2.24) is 5.32 Å². The van der Waals surface area contributed by atoms with Crippen LogP contribution in [0.3, 0.4) is 0 Å². The standard InChI is InChI=1S/C15H22N2O2/c1-11(17-14(18)15(16)8-5-9-15)10-12-6-3-4-7-13(12)19-2/h3-4,6-7,11H,5,8-10,16H2,1-2H3,(H,17,18). The molecular weight excluding hydrogens is 240 g/mol. The Balaban J connectivity index is 1.94. The van der Waals surface area contributed by atoms with Crippen LogP contribution < -0.4 is 15.8 Å². The number of para-hydroxylation sites is 1. The molecule has 0 spiro atoms. The van der Waals surface area contributed by atoms with Gasteiger partial charge in [0.1, 0.15) is 5.75 Å². The Kier molecular flexibility index (Phi) is 4.10. The van der Waals surface area contributed by atoms with Crippen molar-refractivity contribution < 1.29 is 9.53 Å². The molecule has 104 valence electrons. The van der Waals surface area contributed by atoms with Crippen molar-refractivity contribution in [1.29, 1.82) is 0 Å². The Labute approximate surface area is 114 Å². The summed E-state index contributed by atoms with van der Waals surface area (Å²) in [7, 11) is 1.66. The molecular formula is C15H22N2O2. The van der Waals surface area contributed by atoms with E-state index in [2.05, 4.69) is 5.32 Å². The highest BCUT2D eigenvalue weighted by Gasteiger charge is 2.40. The quantitative estimate of drug-likeness (QED) is 0.847. The zero-order chi connectivity index (χ0) is 13.9. The minimum atomic E-state index is -0.630. The first-order chi connectivity index (χ1) is 9.05. The molecule has 1 unspecified atom stereocenters. The van der Waals surface area contributed by atoms with E-state index in [1.54, 1.807) is 7.11 Å². The molecule has 1 aliphatic rings. The van der Waals surface area contributed by atoms with Gasteiger partial charge in [-0.15, -0.1) is 0 Å². The Morgan fingerprint density at radius 3 is 2.74 bits per heavy atom. The number of amides is 1. The summed E-state index contributed by atoms with van der Waals surface area (Å²) in [5, 5.41) is 3.00. The van der Waals surface area contributed by atoms with Gasteiger partial charge >= 0.3 is 0 Å². The average Bonchev–Trinajstić information content (AvgIpc) is 2.36. The molecule has 1 aromatic rings. The van der Waals surface area contributed by atoms with Crippen molar-refractivity contribution in [2.45, 2.75) is 44.2 Å². The number of ether oxygens (including phenoxy) is 1. The maximum atomic E-state index is 12.0. The molecule has 1 saturated carbocycles. The van der Waals surface area contributed by atoms with Gasteiger partial charge in [-0.3, -0.25) is 4.79 Å². The van der Waals surface area contributed by atoms with E-state index in [0.29, 0.717) is 0 Å². The van der Waals surface area contributed by atoms with E-state index in [-0.39, 0.29) is 11.9 Å². The Hall–Kier alpha value is -1.55. The van der Waals surface area contributed by atoms with Crippen LogP contribution in [0.15, 0.2) is 24.3 Å². The second-order valence-corrected chi connectivity index (χ2v) is 5.40. The van der Waals surface area contributed by atoms with Crippen LogP contribution in [-0.2, 0) is 11.2 Å². The van der Waals surface area contributed by atoms with Gasteiger partial charge < -0.3 is 15.8 Å². The molecule has 4 nitrogen and oxygen atoms in total. The molecule has 4 heteroatoms. The van der Waals surface area contributed by atoms with Crippen molar-refractivity contribution in [2.75, 3.05) is 7.11 Å². The normalized spacial score (nSPS) is 18.3. The number of carbonyl (C=O) groups excluding carboxylic acids is 1. The molecule has 1 fully saturated rings. The van der Waals surface area contributed by atoms with E-state index in [4.69, 9.17) is 10.5 Å². The van der Waals surface area contributed by atoms with Crippen LogP contribution in [0.25, 0.3) is 0 Å². The zero-order valence-electron chi connectivity index (χ0n) is 11.6. The summed E-state index contributed by atoms with van der Waals surface area (Å²) < 4.78 is 5.31. The number of benzene rings is 1. The van der Waals surface area contributed by atoms with E-state index >= 15 is 0 Å². The number of nitrogens with two attached hydrogens (primary N) is 1. The van der Waals surface area contributed by atoms with Crippen molar-refractivity contribution >= 4 is 5.91 Å². The topological polar surface area (TPSA) is 64.3 Å². The largest absolute Gasteiger partial charge is 0.496 e. The lowest BCUT2D eigenvalue weighted by Crippen LogP contribution is -2.60. The SMILES string of the molecule is COc1ccccc1CC(C)NC(=O)C1(N)CCC1. The lowest BCUT2D eigenvalue weighted by molar-refractivity contribution is -0.129. The molecule has 0 aromatic heterocycles. The van der Waals surface area contributed by atoms with Gasteiger partial charge in [-0.1, -0.05) is 18.2 Å². The average molecular weight is 262 g/mol. The summed E-state index contributed by atoms with van der Waals surface area (Å²) in [5.41, 5.74) is 6.47. The van der Waals surface area contributed by atoms with E-state index in [1.165, 1.54) is 0 Å². The van der Waals surface area contributed by atoms with Crippen LogP contribution in [0.1, 0.15) is 31.7 Å². The van der Waals surface area contributed by atoms with Crippen molar-refractivity contribution in [3.05, 3.63) is 29.8 Å². The van der Waals surface area contributed by atoms with Gasteiger partial charge in [0.25, 0.3) is 0 Å². The maximum Gasteiger partial charge on any atom is 0.240 e. The molecule has 0 aliphatic heterocycles. The molecule has 0 bridgehead atoms. The third-order valence-corrected chi connectivity index (χ3v) is 3.79. The number of methoxy groups -OCH3 is 1. The Morgan fingerprint density at radius 2 is 2.16 bits per heavy atom. The number of hydrogen-bond acceptors (Lipinski definition) is 3. The van der Waals surface area contributed by atoms with E-state index in [0.717, 1.165) is 37.0 Å². The molecule has 3 N–H and O–H groups in total. The fourth-order valence-electron chi connectivity index (χ4n) is 2.40. The van der Waals surface area contributed by atoms with Gasteiger partial charge in [0, 0.05) is 6.04 Å². The summed E-state index contributed by atoms with van der Waals surface area (Å²) in [6.07, 6.45) is 3.37. The number of carbonyl (C=O) groups is 1. The third-order valence-electron chi connectivity index (χ3n) is 3.79. The molecule has 1 atom stereocenters. The van der Waals surface area contributed by atoms with Crippen molar-refractivity contribution in [3.8, 4) is 5.75 Å². The van der Waals surface area contributed by atoms with Gasteiger partial charge in [-0.05, 0) is 44.2 Å². The van der Waals surface area contributed by atoms with Crippen LogP contribution in [0.5, 0.6) is 5.75 Å². The zero-order valence-corrected chi connectivity index (χ0v) is 11.6. The highest BCUT2D eigenvalue weighted by atomic mass is 16.5. The summed E-state index contributed by atoms with van der Waals surface area (Å²) >= 11 is 0. The van der Waals surface area contributed by atoms with Gasteiger partial charge in [0.15, 0.2) is 0 Å². The lowest BCUT2D eigenvalue weighted by atomic mass is 9.77. The minimum absolute atomic E-state index is 0.0267. The van der Waals surface area contributed by atoms with Gasteiger partial charge in [0.05, 0.1) is 12.6 Å². The third kappa shape index (κ3) is 3.07. The molecule has 0 radical (unpaired) electrons. The van der Waals surface area contributed by atoms with Gasteiger partial charge in [-0.25, -0.2) is 0 Å². The van der Waals surface area contributed by atoms with Crippen LogP contribution in [-0.4, -0.2) is 24.6 Å². The van der Waals surface area contributed by atoms with Crippen LogP contribution >= 0.6 is 0 Å². The first kappa shape index (κ1) is 13.9. The predicted molar refractivity (Wildman–Crippen MR) is 75.1 cm³/mol. The van der Waals surface area contributed by atoms with E-state index in [9.17, 15) is 4.79 Å². The Bertz CT molecular complexity index is 455. The highest BCUT2D eigenvalue weighted by molar-refractivity contribution is 5.87. The molecule has 19 heavy (non-hydrogen) atoms. The summed E-state index contributed by atoms with van der Waals surface area (Å²) in [6.45, 7) is 1.99. The van der Waals surface area contributed by atoms with Crippen LogP contribution in [0.2, 0.25) is 0 Å². The second-order valence-electron chi connectivity index (χ2n) is 5.40. The number of hydrogen-bond donors (Lipinski definition) is 2. The van der Waals surface area contributed by atoms with Gasteiger partial charge in [-0.2, -0.15) is 0 Å². The minimum Gasteiger partial charge on any atom is -0.496 e. The molecule has 1 aliphatic carbocycles. The fourth-order valence-corrected chi connectivity index (χ4v) is 2.40. The molecule has 0 heterocycles. The van der Waals surface area contributed by atoms with Crippen LogP contribution in [0, 0.1) is 0 Å². The monoisotopic (exact) mass is 262 g/mol. The van der Waals surface area contributed by atoms with Crippen molar-refractivity contribution in [2.24, 2.45) is 5.73 Å². The summed E-state index contributed by atoms with van der Waals surface area (Å²) in [5.74, 6) is 0.829. The molecule has 2 rings (SSSR count). The van der Waals surface area contributed by atoms with E-state index < -0.39 is 5.54 Å². The second kappa shape index (κ2) is 5.61. The number of rotatable bonds is 5. The number of nitrogens with one attached hydrogen (secondary N) is 1. The summed E-state index contributed by atoms with van der Waals surface area (Å²) in [6, 6.07) is 7.91. The lowest BCUT2D eigenvalue weighted by Gasteiger charge is -2.37. The maximum absolute atomic E-state index is 12.0. The fraction of sp³-hybridized carbons (Fsp3) is 0.533. The first-order valence-electron chi connectivity index (χ1n) is 6.77. The first-order valence-corrected chi connectivity index (χ1v) is 6.77. The summed E-state index contributed by atoms with van der Waals surface area (Å²) in [4.78, 5) is 12.0. The van der Waals surface area contributed by atoms with E-state index in [1.807, 2.05) is 31.2 Å². The Morgan fingerprint density at radius 1 is 1.47 bits per heavy atom. The van der Waals surface area contributed by atoms with Crippen molar-refractivity contribution in [3.63, 3.8) is 0 Å². The molecule has 1 amide bonds.